The molecule has 0 atom stereocenters. The van der Waals surface area contributed by atoms with Gasteiger partial charge in [0.1, 0.15) is 0 Å². The van der Waals surface area contributed by atoms with E-state index in [0.717, 1.165) is 6.42 Å². The maximum atomic E-state index is 4.50. The van der Waals surface area contributed by atoms with E-state index in [-0.39, 0.29) is 5.41 Å². The van der Waals surface area contributed by atoms with Crippen LogP contribution < -0.4 is 5.73 Å². The molecule has 1 spiro atoms. The number of benzene rings is 9. The zero-order valence-electron chi connectivity index (χ0n) is 39.9. The summed E-state index contributed by atoms with van der Waals surface area (Å²) < 4.78 is 0. The molecule has 0 bridgehead atoms. The number of aryl methyl sites for hydroxylation is 2. The molecule has 2 aliphatic carbocycles. The van der Waals surface area contributed by atoms with Crippen molar-refractivity contribution in [3.63, 3.8) is 0 Å². The zero-order chi connectivity index (χ0) is 47.2. The van der Waals surface area contributed by atoms with Crippen molar-refractivity contribution in [2.45, 2.75) is 39.5 Å². The fourth-order valence-electron chi connectivity index (χ4n) is 10.7. The average Bonchev–Trinajstić information content (AvgIpc) is 3.85. The Kier molecular flexibility index (Phi) is 13.3. The van der Waals surface area contributed by atoms with Crippen LogP contribution in [0.3, 0.4) is 0 Å². The van der Waals surface area contributed by atoms with Gasteiger partial charge < -0.3 is 5.73 Å². The summed E-state index contributed by atoms with van der Waals surface area (Å²) in [5, 5.41) is 2.56. The summed E-state index contributed by atoms with van der Waals surface area (Å²) >= 11 is 0. The van der Waals surface area contributed by atoms with Crippen LogP contribution in [0.25, 0.3) is 73.5 Å². The molecule has 0 aromatic heterocycles. The summed E-state index contributed by atoms with van der Waals surface area (Å²) in [5.74, 6) is 0. The normalized spacial score (nSPS) is 12.6. The van der Waals surface area contributed by atoms with Gasteiger partial charge in [0.2, 0.25) is 0 Å². The van der Waals surface area contributed by atoms with Crippen LogP contribution in [-0.2, 0) is 11.8 Å². The van der Waals surface area contributed by atoms with Crippen molar-refractivity contribution in [1.29, 1.82) is 0 Å². The van der Waals surface area contributed by atoms with Crippen LogP contribution in [0.5, 0.6) is 0 Å². The highest BCUT2D eigenvalue weighted by molar-refractivity contribution is 6.06. The Labute approximate surface area is 404 Å². The number of hydrogen-bond donors (Lipinski definition) is 1. The molecule has 0 radical (unpaired) electrons. The van der Waals surface area contributed by atoms with E-state index in [1.165, 1.54) is 124 Å². The summed E-state index contributed by atoms with van der Waals surface area (Å²) in [6.07, 6.45) is 15.9. The van der Waals surface area contributed by atoms with Gasteiger partial charge in [0, 0.05) is 0 Å². The quantitative estimate of drug-likeness (QED) is 0.151. The fraction of sp³-hybridized carbons (Fsp3) is 0.104. The van der Waals surface area contributed by atoms with Crippen molar-refractivity contribution < 1.29 is 0 Å². The van der Waals surface area contributed by atoms with Gasteiger partial charge in [-0.3, -0.25) is 0 Å². The van der Waals surface area contributed by atoms with Crippen molar-refractivity contribution >= 4 is 29.0 Å². The third-order valence-corrected chi connectivity index (χ3v) is 13.8. The van der Waals surface area contributed by atoms with E-state index in [2.05, 4.69) is 265 Å². The van der Waals surface area contributed by atoms with E-state index < -0.39 is 0 Å². The van der Waals surface area contributed by atoms with Crippen LogP contribution in [0.1, 0.15) is 68.1 Å². The molecule has 0 amide bonds. The second-order valence-electron chi connectivity index (χ2n) is 17.6. The maximum absolute atomic E-state index is 4.50. The molecule has 332 valence electrons. The van der Waals surface area contributed by atoms with E-state index in [1.54, 1.807) is 0 Å². The molecule has 11 rings (SSSR count). The van der Waals surface area contributed by atoms with Gasteiger partial charge in [-0.15, -0.1) is 0 Å². The predicted molar refractivity (Wildman–Crippen MR) is 295 cm³/mol. The lowest BCUT2D eigenvalue weighted by atomic mass is 9.70. The number of nitrogens with two attached hydrogens (primary N) is 1. The smallest absolute Gasteiger partial charge is 0.0725 e. The van der Waals surface area contributed by atoms with E-state index in [4.69, 9.17) is 0 Å². The van der Waals surface area contributed by atoms with Crippen molar-refractivity contribution in [2.75, 3.05) is 7.05 Å². The zero-order valence-corrected chi connectivity index (χ0v) is 39.9. The molecule has 9 aromatic rings. The van der Waals surface area contributed by atoms with Crippen LogP contribution in [0.15, 0.2) is 219 Å². The minimum atomic E-state index is -0.274. The standard InChI is InChI=1S/C43H32.C23H22.CH5N/c1-30-19-24-33(25-20-30)34-26-21-31(22-27-34)11-3-2-4-12-32-23-28-38-37-15-7-10-18-41(37)43(42(38)29-32)39-16-8-5-13-35(39)36-14-6-9-17-40(36)43;1-5-11-20-17(4)23(19-13-8-7-12-16(19)3)22-15-10-9-14-21(22)18(20)6-2;1-2/h2-11,13-29H,12H2,1H3;5-15H,2H2,1,3-4H3;2H2,1H3/b4-2-,11-3-;11-5-;. The summed E-state index contributed by atoms with van der Waals surface area (Å²) in [7, 11) is 1.50. The summed E-state index contributed by atoms with van der Waals surface area (Å²) in [4.78, 5) is 0. The Morgan fingerprint density at radius 2 is 1.00 bits per heavy atom. The van der Waals surface area contributed by atoms with Gasteiger partial charge in [-0.05, 0) is 152 Å². The van der Waals surface area contributed by atoms with Crippen LogP contribution in [-0.4, -0.2) is 7.05 Å². The van der Waals surface area contributed by atoms with Gasteiger partial charge >= 0.3 is 0 Å². The second kappa shape index (κ2) is 19.9. The lowest BCUT2D eigenvalue weighted by molar-refractivity contribution is 0.792. The first-order valence-electron chi connectivity index (χ1n) is 23.8. The predicted octanol–water partition coefficient (Wildman–Crippen LogP) is 17.2. The molecule has 0 aliphatic heterocycles. The molecular weight excluding hydrogens is 819 g/mol. The highest BCUT2D eigenvalue weighted by Crippen LogP contribution is 2.62. The van der Waals surface area contributed by atoms with Gasteiger partial charge in [-0.25, -0.2) is 0 Å². The van der Waals surface area contributed by atoms with Crippen LogP contribution in [0.4, 0.5) is 0 Å². The molecule has 68 heavy (non-hydrogen) atoms. The third kappa shape index (κ3) is 8.10. The van der Waals surface area contributed by atoms with Crippen LogP contribution in [0.2, 0.25) is 0 Å². The first-order valence-corrected chi connectivity index (χ1v) is 23.8. The summed E-state index contributed by atoms with van der Waals surface area (Å²) in [6, 6.07) is 68.8. The fourth-order valence-corrected chi connectivity index (χ4v) is 10.7. The molecule has 1 nitrogen and oxygen atoms in total. The van der Waals surface area contributed by atoms with Crippen molar-refractivity contribution in [3.8, 4) is 44.5 Å². The average molecular weight is 878 g/mol. The van der Waals surface area contributed by atoms with Crippen molar-refractivity contribution in [1.82, 2.24) is 0 Å². The minimum absolute atomic E-state index is 0.274. The van der Waals surface area contributed by atoms with Crippen molar-refractivity contribution in [2.24, 2.45) is 5.73 Å². The Morgan fingerprint density at radius 3 is 1.57 bits per heavy atom. The second-order valence-corrected chi connectivity index (χ2v) is 17.6. The topological polar surface area (TPSA) is 26.0 Å². The summed E-state index contributed by atoms with van der Waals surface area (Å²) in [5.41, 5.74) is 29.3. The van der Waals surface area contributed by atoms with Gasteiger partial charge in [-0.1, -0.05) is 243 Å². The molecule has 0 unspecified atom stereocenters. The number of allylic oxidation sites excluding steroid dienone is 4. The molecule has 0 saturated carbocycles. The SMILES string of the molecule is C=Cc1c(/C=C\C)c(C)c(-c2ccccc2C)c2ccccc12.CN.Cc1ccc(-c2ccc(/C=C\C=C/Cc3ccc4c(c3)C3(c5ccccc5-c5ccccc53)c3ccccc3-4)cc2)cc1. The molecule has 0 saturated heterocycles. The molecule has 2 aliphatic rings. The molecule has 2 N–H and O–H groups in total. The van der Waals surface area contributed by atoms with Crippen LogP contribution >= 0.6 is 0 Å². The first kappa shape index (κ1) is 45.3. The molecular formula is C67H59N. The largest absolute Gasteiger partial charge is 0.333 e. The van der Waals surface area contributed by atoms with Gasteiger partial charge in [0.25, 0.3) is 0 Å². The minimum Gasteiger partial charge on any atom is -0.333 e. The lowest BCUT2D eigenvalue weighted by Crippen LogP contribution is -2.25. The monoisotopic (exact) mass is 877 g/mol. The number of rotatable bonds is 8. The lowest BCUT2D eigenvalue weighted by Gasteiger charge is -2.30. The Hall–Kier alpha value is -7.84. The maximum Gasteiger partial charge on any atom is 0.0725 e. The van der Waals surface area contributed by atoms with E-state index in [9.17, 15) is 0 Å². The Bertz CT molecular complexity index is 3310. The van der Waals surface area contributed by atoms with Crippen molar-refractivity contribution in [3.05, 3.63) is 280 Å². The van der Waals surface area contributed by atoms with Gasteiger partial charge in [0.15, 0.2) is 0 Å². The third-order valence-electron chi connectivity index (χ3n) is 13.8. The van der Waals surface area contributed by atoms with Gasteiger partial charge in [0.05, 0.1) is 5.41 Å². The summed E-state index contributed by atoms with van der Waals surface area (Å²) in [6.45, 7) is 12.6. The highest BCUT2D eigenvalue weighted by Gasteiger charge is 2.51. The highest BCUT2D eigenvalue weighted by atomic mass is 14.5. The first-order chi connectivity index (χ1) is 33.4. The molecule has 9 aromatic carbocycles. The molecule has 0 heterocycles. The Balaban J connectivity index is 0.000000195. The Morgan fingerprint density at radius 1 is 0.485 bits per heavy atom. The number of fused-ring (bicyclic) bond motifs is 11. The van der Waals surface area contributed by atoms with E-state index in [0.29, 0.717) is 0 Å². The van der Waals surface area contributed by atoms with Gasteiger partial charge in [-0.2, -0.15) is 0 Å². The van der Waals surface area contributed by atoms with E-state index in [1.807, 2.05) is 6.08 Å². The van der Waals surface area contributed by atoms with E-state index >= 15 is 0 Å². The number of hydrogen-bond acceptors (Lipinski definition) is 1. The molecule has 0 fully saturated rings. The molecule has 1 heteroatoms. The van der Waals surface area contributed by atoms with Crippen LogP contribution in [0, 0.1) is 20.8 Å².